The number of ether oxygens (including phenoxy) is 2. The fraction of sp³-hybridized carbons (Fsp3) is 0.571. The van der Waals surface area contributed by atoms with E-state index >= 15 is 0 Å². The fourth-order valence-corrected chi connectivity index (χ4v) is 1.98. The molecule has 0 spiro atoms. The van der Waals surface area contributed by atoms with E-state index in [4.69, 9.17) is 9.47 Å². The highest BCUT2D eigenvalue weighted by atomic mass is 79.9. The lowest BCUT2D eigenvalue weighted by atomic mass is 10.2. The summed E-state index contributed by atoms with van der Waals surface area (Å²) < 4.78 is 12.2. The lowest BCUT2D eigenvalue weighted by Crippen LogP contribution is -2.35. The van der Waals surface area contributed by atoms with E-state index in [-0.39, 0.29) is 6.10 Å². The molecule has 1 rings (SSSR count). The monoisotopic (exact) mass is 315 g/mol. The summed E-state index contributed by atoms with van der Waals surface area (Å²) in [4.78, 5) is 0. The van der Waals surface area contributed by atoms with Crippen molar-refractivity contribution in [3.63, 3.8) is 0 Å². The van der Waals surface area contributed by atoms with Crippen LogP contribution in [0, 0.1) is 6.92 Å². The summed E-state index contributed by atoms with van der Waals surface area (Å²) in [5, 5.41) is 3.36. The summed E-state index contributed by atoms with van der Waals surface area (Å²) in [5.41, 5.74) is 1.13. The predicted molar refractivity (Wildman–Crippen MR) is 78.3 cm³/mol. The Labute approximate surface area is 118 Å². The first-order valence-corrected chi connectivity index (χ1v) is 7.09. The molecule has 1 atom stereocenters. The minimum Gasteiger partial charge on any atom is -0.486 e. The summed E-state index contributed by atoms with van der Waals surface area (Å²) in [6.45, 7) is 6.58. The summed E-state index contributed by atoms with van der Waals surface area (Å²) in [6.07, 6.45) is 1.16. The largest absolute Gasteiger partial charge is 0.486 e. The van der Waals surface area contributed by atoms with Crippen LogP contribution in [0.3, 0.4) is 0 Å². The van der Waals surface area contributed by atoms with E-state index in [0.717, 1.165) is 35.3 Å². The van der Waals surface area contributed by atoms with Crippen molar-refractivity contribution in [1.82, 2.24) is 5.32 Å². The predicted octanol–water partition coefficient (Wildman–Crippen LogP) is 3.15. The first-order valence-electron chi connectivity index (χ1n) is 6.29. The van der Waals surface area contributed by atoms with Crippen molar-refractivity contribution in [1.29, 1.82) is 0 Å². The van der Waals surface area contributed by atoms with Gasteiger partial charge in [-0.2, -0.15) is 0 Å². The Hall–Kier alpha value is -0.580. The standard InChI is InChI=1S/C14H22BrNO2/c1-4-7-16-9-13(10-17-3)18-14-8-12(15)6-5-11(14)2/h5-6,8,13,16H,4,7,9-10H2,1-3H3. The number of hydrogen-bond acceptors (Lipinski definition) is 3. The molecule has 3 nitrogen and oxygen atoms in total. The molecule has 0 saturated heterocycles. The van der Waals surface area contributed by atoms with Crippen LogP contribution in [0.2, 0.25) is 0 Å². The van der Waals surface area contributed by atoms with E-state index in [0.29, 0.717) is 6.61 Å². The highest BCUT2D eigenvalue weighted by Gasteiger charge is 2.11. The molecule has 0 aliphatic heterocycles. The minimum atomic E-state index is 0.0366. The van der Waals surface area contributed by atoms with Crippen LogP contribution >= 0.6 is 15.9 Å². The Morgan fingerprint density at radius 1 is 1.39 bits per heavy atom. The maximum atomic E-state index is 6.00. The zero-order valence-electron chi connectivity index (χ0n) is 11.3. The van der Waals surface area contributed by atoms with E-state index in [1.165, 1.54) is 0 Å². The Morgan fingerprint density at radius 3 is 2.83 bits per heavy atom. The number of methoxy groups -OCH3 is 1. The smallest absolute Gasteiger partial charge is 0.134 e. The maximum Gasteiger partial charge on any atom is 0.134 e. The van der Waals surface area contributed by atoms with Gasteiger partial charge < -0.3 is 14.8 Å². The fourth-order valence-electron chi connectivity index (χ4n) is 1.64. The van der Waals surface area contributed by atoms with Crippen molar-refractivity contribution < 1.29 is 9.47 Å². The molecule has 1 aromatic carbocycles. The van der Waals surface area contributed by atoms with Crippen LogP contribution in [0.1, 0.15) is 18.9 Å². The van der Waals surface area contributed by atoms with Gasteiger partial charge in [0.1, 0.15) is 11.9 Å². The lowest BCUT2D eigenvalue weighted by Gasteiger charge is -2.20. The number of benzene rings is 1. The van der Waals surface area contributed by atoms with Crippen molar-refractivity contribution in [2.24, 2.45) is 0 Å². The molecule has 0 aliphatic rings. The normalized spacial score (nSPS) is 12.4. The van der Waals surface area contributed by atoms with Gasteiger partial charge in [-0.25, -0.2) is 0 Å². The second-order valence-corrected chi connectivity index (χ2v) is 5.22. The number of rotatable bonds is 8. The first kappa shape index (κ1) is 15.5. The molecule has 0 radical (unpaired) electrons. The molecule has 0 bridgehead atoms. The molecule has 4 heteroatoms. The maximum absolute atomic E-state index is 6.00. The quantitative estimate of drug-likeness (QED) is 0.747. The van der Waals surface area contributed by atoms with Gasteiger partial charge in [0.15, 0.2) is 0 Å². The lowest BCUT2D eigenvalue weighted by molar-refractivity contribution is 0.0802. The molecule has 0 aromatic heterocycles. The van der Waals surface area contributed by atoms with Crippen LogP contribution in [-0.4, -0.2) is 32.9 Å². The van der Waals surface area contributed by atoms with E-state index in [1.807, 2.05) is 25.1 Å². The van der Waals surface area contributed by atoms with Crippen molar-refractivity contribution >= 4 is 15.9 Å². The van der Waals surface area contributed by atoms with Crippen molar-refractivity contribution in [3.8, 4) is 5.75 Å². The molecule has 102 valence electrons. The van der Waals surface area contributed by atoms with Gasteiger partial charge in [-0.05, 0) is 37.6 Å². The molecule has 0 saturated carbocycles. The van der Waals surface area contributed by atoms with E-state index < -0.39 is 0 Å². The van der Waals surface area contributed by atoms with E-state index in [2.05, 4.69) is 28.2 Å². The van der Waals surface area contributed by atoms with Gasteiger partial charge in [-0.1, -0.05) is 28.9 Å². The number of halogens is 1. The van der Waals surface area contributed by atoms with Crippen LogP contribution in [0.5, 0.6) is 5.75 Å². The van der Waals surface area contributed by atoms with Gasteiger partial charge in [0.2, 0.25) is 0 Å². The molecule has 1 unspecified atom stereocenters. The van der Waals surface area contributed by atoms with Crippen LogP contribution in [0.25, 0.3) is 0 Å². The third kappa shape index (κ3) is 5.38. The Morgan fingerprint density at radius 2 is 2.17 bits per heavy atom. The average molecular weight is 316 g/mol. The van der Waals surface area contributed by atoms with Gasteiger partial charge in [-0.15, -0.1) is 0 Å². The highest BCUT2D eigenvalue weighted by molar-refractivity contribution is 9.10. The van der Waals surface area contributed by atoms with Crippen LogP contribution in [0.4, 0.5) is 0 Å². The summed E-state index contributed by atoms with van der Waals surface area (Å²) >= 11 is 3.46. The molecule has 18 heavy (non-hydrogen) atoms. The van der Waals surface area contributed by atoms with Crippen LogP contribution < -0.4 is 10.1 Å². The third-order valence-corrected chi connectivity index (χ3v) is 3.09. The molecular weight excluding hydrogens is 294 g/mol. The zero-order valence-corrected chi connectivity index (χ0v) is 12.9. The van der Waals surface area contributed by atoms with Gasteiger partial charge in [0, 0.05) is 18.1 Å². The van der Waals surface area contributed by atoms with Crippen LogP contribution in [-0.2, 0) is 4.74 Å². The highest BCUT2D eigenvalue weighted by Crippen LogP contribution is 2.23. The molecule has 1 aromatic rings. The summed E-state index contributed by atoms with van der Waals surface area (Å²) in [5.74, 6) is 0.907. The number of nitrogens with one attached hydrogen (secondary N) is 1. The summed E-state index contributed by atoms with van der Waals surface area (Å²) in [7, 11) is 1.70. The van der Waals surface area contributed by atoms with Gasteiger partial charge in [-0.3, -0.25) is 0 Å². The molecule has 0 aliphatic carbocycles. The van der Waals surface area contributed by atoms with Crippen LogP contribution in [0.15, 0.2) is 22.7 Å². The molecular formula is C14H22BrNO2. The van der Waals surface area contributed by atoms with E-state index in [9.17, 15) is 0 Å². The Balaban J connectivity index is 2.60. The first-order chi connectivity index (χ1) is 8.67. The molecule has 0 fully saturated rings. The minimum absolute atomic E-state index is 0.0366. The zero-order chi connectivity index (χ0) is 13.4. The van der Waals surface area contributed by atoms with Crippen molar-refractivity contribution in [3.05, 3.63) is 28.2 Å². The second kappa shape index (κ2) is 8.51. The molecule has 0 heterocycles. The van der Waals surface area contributed by atoms with E-state index in [1.54, 1.807) is 7.11 Å². The second-order valence-electron chi connectivity index (χ2n) is 4.31. The van der Waals surface area contributed by atoms with Crippen molar-refractivity contribution in [2.75, 3.05) is 26.8 Å². The van der Waals surface area contributed by atoms with Gasteiger partial charge in [0.05, 0.1) is 6.61 Å². The number of hydrogen-bond donors (Lipinski definition) is 1. The van der Waals surface area contributed by atoms with Gasteiger partial charge in [0.25, 0.3) is 0 Å². The Kier molecular flexibility index (Phi) is 7.32. The average Bonchev–Trinajstić information content (AvgIpc) is 2.34. The summed E-state index contributed by atoms with van der Waals surface area (Å²) in [6, 6.07) is 6.06. The van der Waals surface area contributed by atoms with Gasteiger partial charge >= 0.3 is 0 Å². The molecule has 0 amide bonds. The number of aryl methyl sites for hydroxylation is 1. The molecule has 1 N–H and O–H groups in total. The Bertz CT molecular complexity index is 358. The van der Waals surface area contributed by atoms with Crippen molar-refractivity contribution in [2.45, 2.75) is 26.4 Å². The topological polar surface area (TPSA) is 30.5 Å². The third-order valence-electron chi connectivity index (χ3n) is 2.60. The SMILES string of the molecule is CCCNCC(COC)Oc1cc(Br)ccc1C.